The van der Waals surface area contributed by atoms with Gasteiger partial charge in [0.15, 0.2) is 0 Å². The predicted molar refractivity (Wildman–Crippen MR) is 114 cm³/mol. The standard InChI is InChI=1S/C13H12O2.C12H10O2/c14-12-7-4-8-13(9-12)15-10-11-5-2-1-3-6-11;13-10-5-4-8-12(9-10)14-11-6-2-1-3-7-11/h1-9,14H,10H2;1-9,13H. The highest BCUT2D eigenvalue weighted by Gasteiger charge is 1.97. The van der Waals surface area contributed by atoms with Gasteiger partial charge in [0.05, 0.1) is 0 Å². The van der Waals surface area contributed by atoms with Crippen LogP contribution in [-0.2, 0) is 6.61 Å². The summed E-state index contributed by atoms with van der Waals surface area (Å²) in [5.41, 5.74) is 1.11. The fourth-order valence-electron chi connectivity index (χ4n) is 2.49. The Kier molecular flexibility index (Phi) is 7.13. The molecule has 0 aliphatic rings. The zero-order valence-electron chi connectivity index (χ0n) is 15.8. The lowest BCUT2D eigenvalue weighted by atomic mass is 10.2. The van der Waals surface area contributed by atoms with Crippen molar-refractivity contribution in [3.8, 4) is 28.7 Å². The topological polar surface area (TPSA) is 58.9 Å². The van der Waals surface area contributed by atoms with E-state index in [0.717, 1.165) is 11.3 Å². The first-order valence-electron chi connectivity index (χ1n) is 9.17. The Bertz CT molecular complexity index is 1000. The molecule has 0 bridgehead atoms. The van der Waals surface area contributed by atoms with Crippen molar-refractivity contribution < 1.29 is 19.7 Å². The maximum Gasteiger partial charge on any atom is 0.131 e. The number of benzene rings is 4. The Morgan fingerprint density at radius 3 is 1.66 bits per heavy atom. The van der Waals surface area contributed by atoms with Crippen LogP contribution in [0, 0.1) is 0 Å². The zero-order chi connectivity index (χ0) is 20.3. The van der Waals surface area contributed by atoms with Gasteiger partial charge in [0.25, 0.3) is 0 Å². The highest BCUT2D eigenvalue weighted by Crippen LogP contribution is 2.24. The third-order valence-electron chi connectivity index (χ3n) is 3.86. The van der Waals surface area contributed by atoms with Gasteiger partial charge in [-0.1, -0.05) is 60.7 Å². The highest BCUT2D eigenvalue weighted by molar-refractivity contribution is 5.36. The first kappa shape index (κ1) is 19.8. The molecule has 0 saturated heterocycles. The summed E-state index contributed by atoms with van der Waals surface area (Å²) in [7, 11) is 0. The van der Waals surface area contributed by atoms with E-state index in [-0.39, 0.29) is 11.5 Å². The summed E-state index contributed by atoms with van der Waals surface area (Å²) in [6.07, 6.45) is 0. The number of ether oxygens (including phenoxy) is 2. The molecule has 0 atom stereocenters. The van der Waals surface area contributed by atoms with Crippen LogP contribution in [0.4, 0.5) is 0 Å². The molecule has 0 amide bonds. The molecular formula is C25H22O4. The van der Waals surface area contributed by atoms with E-state index in [1.54, 1.807) is 42.5 Å². The maximum atomic E-state index is 9.23. The molecule has 0 aromatic heterocycles. The SMILES string of the molecule is Oc1cccc(OCc2ccccc2)c1.Oc1cccc(Oc2ccccc2)c1. The lowest BCUT2D eigenvalue weighted by Crippen LogP contribution is -1.94. The van der Waals surface area contributed by atoms with E-state index < -0.39 is 0 Å². The second-order valence-corrected chi connectivity index (χ2v) is 6.18. The van der Waals surface area contributed by atoms with Crippen LogP contribution in [0.5, 0.6) is 28.7 Å². The minimum atomic E-state index is 0.207. The second-order valence-electron chi connectivity index (χ2n) is 6.18. The Hall–Kier alpha value is -3.92. The number of para-hydroxylation sites is 1. The molecule has 4 aromatic rings. The van der Waals surface area contributed by atoms with Gasteiger partial charge >= 0.3 is 0 Å². The van der Waals surface area contributed by atoms with Gasteiger partial charge in [-0.05, 0) is 42.0 Å². The van der Waals surface area contributed by atoms with Gasteiger partial charge in [0, 0.05) is 12.1 Å². The average Bonchev–Trinajstić information content (AvgIpc) is 2.74. The number of hydrogen-bond acceptors (Lipinski definition) is 4. The van der Waals surface area contributed by atoms with Crippen LogP contribution in [0.15, 0.2) is 109 Å². The molecule has 0 aliphatic carbocycles. The van der Waals surface area contributed by atoms with Crippen molar-refractivity contribution in [2.45, 2.75) is 6.61 Å². The van der Waals surface area contributed by atoms with Crippen LogP contribution in [0.2, 0.25) is 0 Å². The van der Waals surface area contributed by atoms with Gasteiger partial charge < -0.3 is 19.7 Å². The van der Waals surface area contributed by atoms with E-state index in [9.17, 15) is 10.2 Å². The molecule has 4 rings (SSSR count). The van der Waals surface area contributed by atoms with E-state index in [1.807, 2.05) is 66.7 Å². The summed E-state index contributed by atoms with van der Waals surface area (Å²) in [5.74, 6) is 2.51. The van der Waals surface area contributed by atoms with E-state index in [1.165, 1.54) is 0 Å². The van der Waals surface area contributed by atoms with E-state index in [2.05, 4.69) is 0 Å². The largest absolute Gasteiger partial charge is 0.508 e. The van der Waals surface area contributed by atoms with Gasteiger partial charge in [-0.3, -0.25) is 0 Å². The second kappa shape index (κ2) is 10.4. The van der Waals surface area contributed by atoms with Crippen molar-refractivity contribution in [2.75, 3.05) is 0 Å². The third kappa shape index (κ3) is 6.96. The van der Waals surface area contributed by atoms with Gasteiger partial charge in [0.2, 0.25) is 0 Å². The molecule has 0 saturated carbocycles. The van der Waals surface area contributed by atoms with Crippen molar-refractivity contribution in [1.29, 1.82) is 0 Å². The van der Waals surface area contributed by atoms with Crippen LogP contribution in [0.3, 0.4) is 0 Å². The molecule has 4 aromatic carbocycles. The van der Waals surface area contributed by atoms with Crippen molar-refractivity contribution in [2.24, 2.45) is 0 Å². The summed E-state index contributed by atoms with van der Waals surface area (Å²) in [4.78, 5) is 0. The van der Waals surface area contributed by atoms with E-state index in [0.29, 0.717) is 18.1 Å². The van der Waals surface area contributed by atoms with E-state index >= 15 is 0 Å². The predicted octanol–water partition coefficient (Wildman–Crippen LogP) is 6.16. The molecular weight excluding hydrogens is 364 g/mol. The molecule has 4 nitrogen and oxygen atoms in total. The third-order valence-corrected chi connectivity index (χ3v) is 3.86. The summed E-state index contributed by atoms with van der Waals surface area (Å²) in [5, 5.41) is 18.4. The number of hydrogen-bond donors (Lipinski definition) is 2. The monoisotopic (exact) mass is 386 g/mol. The quantitative estimate of drug-likeness (QED) is 0.431. The number of phenols is 2. The molecule has 2 N–H and O–H groups in total. The average molecular weight is 386 g/mol. The smallest absolute Gasteiger partial charge is 0.131 e. The Morgan fingerprint density at radius 1 is 0.517 bits per heavy atom. The molecule has 0 fully saturated rings. The minimum Gasteiger partial charge on any atom is -0.508 e. The highest BCUT2D eigenvalue weighted by atomic mass is 16.5. The lowest BCUT2D eigenvalue weighted by Gasteiger charge is -2.05. The Balaban J connectivity index is 0.000000166. The summed E-state index contributed by atoms with van der Waals surface area (Å²) in [6.45, 7) is 0.518. The minimum absolute atomic E-state index is 0.207. The van der Waals surface area contributed by atoms with Crippen molar-refractivity contribution in [1.82, 2.24) is 0 Å². The number of aromatic hydroxyl groups is 2. The van der Waals surface area contributed by atoms with Gasteiger partial charge in [-0.15, -0.1) is 0 Å². The number of phenolic OH excluding ortho intramolecular Hbond substituents is 2. The van der Waals surface area contributed by atoms with Gasteiger partial charge in [-0.2, -0.15) is 0 Å². The molecule has 0 unspecified atom stereocenters. The van der Waals surface area contributed by atoms with E-state index in [4.69, 9.17) is 9.47 Å². The Morgan fingerprint density at radius 2 is 1.03 bits per heavy atom. The first-order chi connectivity index (χ1) is 14.2. The molecule has 29 heavy (non-hydrogen) atoms. The van der Waals surface area contributed by atoms with Crippen molar-refractivity contribution in [3.63, 3.8) is 0 Å². The van der Waals surface area contributed by atoms with Crippen LogP contribution in [-0.4, -0.2) is 10.2 Å². The molecule has 0 aliphatic heterocycles. The fourth-order valence-corrected chi connectivity index (χ4v) is 2.49. The van der Waals surface area contributed by atoms with Crippen LogP contribution < -0.4 is 9.47 Å². The van der Waals surface area contributed by atoms with Crippen LogP contribution in [0.25, 0.3) is 0 Å². The molecule has 146 valence electrons. The van der Waals surface area contributed by atoms with Crippen LogP contribution >= 0.6 is 0 Å². The first-order valence-corrected chi connectivity index (χ1v) is 9.17. The van der Waals surface area contributed by atoms with Gasteiger partial charge in [-0.25, -0.2) is 0 Å². The molecule has 0 radical (unpaired) electrons. The molecule has 0 spiro atoms. The zero-order valence-corrected chi connectivity index (χ0v) is 15.8. The van der Waals surface area contributed by atoms with Gasteiger partial charge in [0.1, 0.15) is 35.4 Å². The molecule has 0 heterocycles. The summed E-state index contributed by atoms with van der Waals surface area (Å²) in [6, 6.07) is 32.9. The summed E-state index contributed by atoms with van der Waals surface area (Å²) < 4.78 is 11.0. The van der Waals surface area contributed by atoms with Crippen LogP contribution in [0.1, 0.15) is 5.56 Å². The van der Waals surface area contributed by atoms with Crippen molar-refractivity contribution in [3.05, 3.63) is 115 Å². The fraction of sp³-hybridized carbons (Fsp3) is 0.0400. The molecule has 4 heteroatoms. The lowest BCUT2D eigenvalue weighted by molar-refractivity contribution is 0.304. The normalized spacial score (nSPS) is 9.79. The Labute approximate surface area is 170 Å². The summed E-state index contributed by atoms with van der Waals surface area (Å²) >= 11 is 0. The maximum absolute atomic E-state index is 9.23. The van der Waals surface area contributed by atoms with Crippen molar-refractivity contribution >= 4 is 0 Å². The number of rotatable bonds is 5.